The number of anilines is 2. The number of aryl methyl sites for hydroxylation is 1. The summed E-state index contributed by atoms with van der Waals surface area (Å²) < 4.78 is 29.7. The third kappa shape index (κ3) is 4.36. The van der Waals surface area contributed by atoms with E-state index in [0.717, 1.165) is 11.4 Å². The van der Waals surface area contributed by atoms with Crippen LogP contribution in [0.1, 0.15) is 24.4 Å². The summed E-state index contributed by atoms with van der Waals surface area (Å²) >= 11 is 0. The lowest BCUT2D eigenvalue weighted by atomic mass is 10.1. The van der Waals surface area contributed by atoms with Gasteiger partial charge in [0, 0.05) is 32.2 Å². The molecular weight excluding hydrogens is 422 g/mol. The largest absolute Gasteiger partial charge is 0.356 e. The molecule has 2 aromatic carbocycles. The van der Waals surface area contributed by atoms with E-state index in [1.54, 1.807) is 30.5 Å². The van der Waals surface area contributed by atoms with Crippen LogP contribution in [0.3, 0.4) is 0 Å². The van der Waals surface area contributed by atoms with E-state index in [-0.39, 0.29) is 10.9 Å². The van der Waals surface area contributed by atoms with Gasteiger partial charge in [0.25, 0.3) is 10.0 Å². The minimum absolute atomic E-state index is 0.141. The van der Waals surface area contributed by atoms with Crippen LogP contribution in [0.15, 0.2) is 96.3 Å². The van der Waals surface area contributed by atoms with Gasteiger partial charge in [0.2, 0.25) is 0 Å². The molecule has 0 radical (unpaired) electrons. The molecule has 1 unspecified atom stereocenters. The van der Waals surface area contributed by atoms with E-state index in [2.05, 4.69) is 15.3 Å². The fraction of sp³-hybridized carbons (Fsp3) is 0.167. The molecule has 0 saturated carbocycles. The van der Waals surface area contributed by atoms with Crippen molar-refractivity contribution in [3.8, 4) is 0 Å². The number of aromatic nitrogens is 3. The molecule has 0 fully saturated rings. The maximum atomic E-state index is 13.2. The van der Waals surface area contributed by atoms with E-state index < -0.39 is 10.0 Å². The Labute approximate surface area is 188 Å². The Morgan fingerprint density at radius 2 is 1.66 bits per heavy atom. The second kappa shape index (κ2) is 9.23. The predicted molar refractivity (Wildman–Crippen MR) is 126 cm³/mol. The Bertz CT molecular complexity index is 1260. The highest BCUT2D eigenvalue weighted by Crippen LogP contribution is 2.26. The van der Waals surface area contributed by atoms with Crippen molar-refractivity contribution in [2.75, 3.05) is 16.2 Å². The molecule has 4 rings (SSSR count). The van der Waals surface area contributed by atoms with Crippen molar-refractivity contribution in [3.05, 3.63) is 103 Å². The first-order chi connectivity index (χ1) is 15.5. The Morgan fingerprint density at radius 3 is 2.22 bits per heavy atom. The summed E-state index contributed by atoms with van der Waals surface area (Å²) in [5.41, 5.74) is 1.65. The lowest BCUT2D eigenvalue weighted by molar-refractivity contribution is 0.591. The van der Waals surface area contributed by atoms with Crippen LogP contribution in [-0.4, -0.2) is 29.5 Å². The highest BCUT2D eigenvalue weighted by atomic mass is 32.2. The number of rotatable bonds is 8. The number of sulfonamides is 1. The first-order valence-electron chi connectivity index (χ1n) is 10.3. The molecule has 2 aromatic heterocycles. The van der Waals surface area contributed by atoms with Crippen LogP contribution < -0.4 is 9.62 Å². The van der Waals surface area contributed by atoms with Crippen LogP contribution in [0, 0.1) is 0 Å². The fourth-order valence-corrected chi connectivity index (χ4v) is 5.00. The van der Waals surface area contributed by atoms with E-state index in [1.165, 1.54) is 10.5 Å². The molecule has 1 atom stereocenters. The molecule has 4 aromatic rings. The Kier molecular flexibility index (Phi) is 6.23. The number of nitrogens with one attached hydrogen (secondary N) is 1. The van der Waals surface area contributed by atoms with Gasteiger partial charge >= 0.3 is 0 Å². The number of imidazole rings is 1. The zero-order valence-electron chi connectivity index (χ0n) is 18.0. The van der Waals surface area contributed by atoms with Crippen molar-refractivity contribution in [1.29, 1.82) is 0 Å². The van der Waals surface area contributed by atoms with Crippen molar-refractivity contribution in [2.45, 2.75) is 17.9 Å². The minimum atomic E-state index is -3.72. The Morgan fingerprint density at radius 1 is 0.969 bits per heavy atom. The van der Waals surface area contributed by atoms with E-state index in [9.17, 15) is 8.42 Å². The van der Waals surface area contributed by atoms with E-state index in [1.807, 2.05) is 73.3 Å². The average molecular weight is 448 g/mol. The summed E-state index contributed by atoms with van der Waals surface area (Å²) in [6.07, 6.45) is 5.03. The van der Waals surface area contributed by atoms with Crippen LogP contribution in [0.25, 0.3) is 0 Å². The molecule has 8 heteroatoms. The van der Waals surface area contributed by atoms with Crippen molar-refractivity contribution in [1.82, 2.24) is 14.5 Å². The van der Waals surface area contributed by atoms with Gasteiger partial charge in [0.15, 0.2) is 0 Å². The summed E-state index contributed by atoms with van der Waals surface area (Å²) in [6, 6.07) is 22.0. The van der Waals surface area contributed by atoms with Gasteiger partial charge < -0.3 is 9.88 Å². The van der Waals surface area contributed by atoms with Gasteiger partial charge in [-0.3, -0.25) is 4.31 Å². The monoisotopic (exact) mass is 447 g/mol. The first-order valence-corrected chi connectivity index (χ1v) is 11.8. The predicted octanol–water partition coefficient (Wildman–Crippen LogP) is 4.23. The highest BCUT2D eigenvalue weighted by Gasteiger charge is 2.24. The van der Waals surface area contributed by atoms with Gasteiger partial charge in [-0.25, -0.2) is 18.4 Å². The molecule has 1 N–H and O–H groups in total. The van der Waals surface area contributed by atoms with Crippen molar-refractivity contribution in [2.24, 2.45) is 7.05 Å². The molecule has 164 valence electrons. The number of benzene rings is 2. The molecule has 0 aliphatic carbocycles. The molecular formula is C24H25N5O2S. The fourth-order valence-electron chi connectivity index (χ4n) is 3.58. The Balaban J connectivity index is 1.62. The number of pyridine rings is 1. The maximum Gasteiger partial charge on any atom is 0.265 e. The van der Waals surface area contributed by atoms with Crippen LogP contribution in [-0.2, 0) is 17.1 Å². The van der Waals surface area contributed by atoms with Crippen LogP contribution in [0.2, 0.25) is 0 Å². The summed E-state index contributed by atoms with van der Waals surface area (Å²) in [4.78, 5) is 9.03. The lowest BCUT2D eigenvalue weighted by Gasteiger charge is -2.23. The molecule has 0 aliphatic heterocycles. The molecule has 0 saturated heterocycles. The van der Waals surface area contributed by atoms with E-state index >= 15 is 0 Å². The zero-order chi connectivity index (χ0) is 22.6. The quantitative estimate of drug-likeness (QED) is 0.437. The van der Waals surface area contributed by atoms with E-state index in [0.29, 0.717) is 18.1 Å². The van der Waals surface area contributed by atoms with Crippen LogP contribution in [0.5, 0.6) is 0 Å². The topological polar surface area (TPSA) is 80.1 Å². The van der Waals surface area contributed by atoms with Gasteiger partial charge in [-0.05, 0) is 36.8 Å². The highest BCUT2D eigenvalue weighted by molar-refractivity contribution is 7.92. The summed E-state index contributed by atoms with van der Waals surface area (Å²) in [7, 11) is -1.79. The standard InChI is InChI=1S/C24H25N5O2S/c1-3-29(20-12-8-5-9-13-20)32(30,31)21-14-15-22(26-18-21)27-23(19-10-6-4-7-11-19)24-25-16-17-28(24)2/h4-18,23H,3H2,1-2H3,(H,26,27). The number of nitrogens with zero attached hydrogens (tertiary/aromatic N) is 4. The molecule has 0 spiro atoms. The first kappa shape index (κ1) is 21.6. The average Bonchev–Trinajstić information content (AvgIpc) is 3.25. The molecule has 2 heterocycles. The number of hydrogen-bond donors (Lipinski definition) is 1. The van der Waals surface area contributed by atoms with Crippen LogP contribution >= 0.6 is 0 Å². The molecule has 0 bridgehead atoms. The van der Waals surface area contributed by atoms with Crippen molar-refractivity contribution >= 4 is 21.5 Å². The maximum absolute atomic E-state index is 13.2. The summed E-state index contributed by atoms with van der Waals surface area (Å²) in [5.74, 6) is 1.39. The lowest BCUT2D eigenvalue weighted by Crippen LogP contribution is -2.30. The third-order valence-corrected chi connectivity index (χ3v) is 7.08. The zero-order valence-corrected chi connectivity index (χ0v) is 18.8. The van der Waals surface area contributed by atoms with Gasteiger partial charge in [0.1, 0.15) is 22.6 Å². The summed E-state index contributed by atoms with van der Waals surface area (Å²) in [5, 5.41) is 3.39. The minimum Gasteiger partial charge on any atom is -0.356 e. The van der Waals surface area contributed by atoms with Crippen molar-refractivity contribution < 1.29 is 8.42 Å². The SMILES string of the molecule is CCN(c1ccccc1)S(=O)(=O)c1ccc(NC(c2ccccc2)c2nccn2C)nc1. The van der Waals surface area contributed by atoms with E-state index in [4.69, 9.17) is 0 Å². The normalized spacial score (nSPS) is 12.3. The second-order valence-electron chi connectivity index (χ2n) is 7.27. The number of hydrogen-bond acceptors (Lipinski definition) is 5. The van der Waals surface area contributed by atoms with Crippen LogP contribution in [0.4, 0.5) is 11.5 Å². The number of para-hydroxylation sites is 1. The molecule has 32 heavy (non-hydrogen) atoms. The smallest absolute Gasteiger partial charge is 0.265 e. The second-order valence-corrected chi connectivity index (χ2v) is 9.13. The van der Waals surface area contributed by atoms with Gasteiger partial charge in [-0.1, -0.05) is 48.5 Å². The third-order valence-electron chi connectivity index (χ3n) is 5.20. The summed E-state index contributed by atoms with van der Waals surface area (Å²) in [6.45, 7) is 2.13. The Hall–Kier alpha value is -3.65. The van der Waals surface area contributed by atoms with Crippen molar-refractivity contribution in [3.63, 3.8) is 0 Å². The van der Waals surface area contributed by atoms with Gasteiger partial charge in [-0.15, -0.1) is 0 Å². The molecule has 0 amide bonds. The molecule has 7 nitrogen and oxygen atoms in total. The molecule has 0 aliphatic rings. The van der Waals surface area contributed by atoms with Gasteiger partial charge in [-0.2, -0.15) is 0 Å². The van der Waals surface area contributed by atoms with Gasteiger partial charge in [0.05, 0.1) is 5.69 Å².